The molecule has 2 aromatic carbocycles. The van der Waals surface area contributed by atoms with Crippen molar-refractivity contribution in [2.45, 2.75) is 32.4 Å². The lowest BCUT2D eigenvalue weighted by molar-refractivity contribution is -0.138. The summed E-state index contributed by atoms with van der Waals surface area (Å²) in [6.45, 7) is 4.22. The van der Waals surface area contributed by atoms with E-state index in [1.165, 1.54) is 0 Å². The van der Waals surface area contributed by atoms with Crippen LogP contribution in [0.25, 0.3) is 0 Å². The standard InChI is InChI=1S/C21H24N4O4.ClH/c1-3-28-17-10-14(18-8-12(2)25-29-18)9-15(11-17)19(21(26)27)24-16-6-4-13(5-7-16)20(22)23;/h4-7,9-11,18-19,24H,3,8H2,1-2H3,(H3,22,23)(H,26,27);1H. The van der Waals surface area contributed by atoms with Crippen molar-refractivity contribution in [2.24, 2.45) is 10.9 Å². The summed E-state index contributed by atoms with van der Waals surface area (Å²) in [4.78, 5) is 17.5. The molecule has 0 aliphatic carbocycles. The van der Waals surface area contributed by atoms with Crippen LogP contribution in [0.15, 0.2) is 47.6 Å². The third kappa shape index (κ3) is 5.42. The number of hydrogen-bond acceptors (Lipinski definition) is 6. The smallest absolute Gasteiger partial charge is 0.330 e. The Kier molecular flexibility index (Phi) is 7.66. The Morgan fingerprint density at radius 3 is 2.60 bits per heavy atom. The number of nitrogens with two attached hydrogens (primary N) is 1. The van der Waals surface area contributed by atoms with Gasteiger partial charge in [0.2, 0.25) is 0 Å². The average Bonchev–Trinajstić information content (AvgIpc) is 3.12. The molecule has 30 heavy (non-hydrogen) atoms. The Labute approximate surface area is 181 Å². The number of rotatable bonds is 8. The van der Waals surface area contributed by atoms with Crippen LogP contribution in [0.2, 0.25) is 0 Å². The van der Waals surface area contributed by atoms with Crippen molar-refractivity contribution in [3.05, 3.63) is 59.2 Å². The summed E-state index contributed by atoms with van der Waals surface area (Å²) < 4.78 is 5.64. The number of anilines is 1. The van der Waals surface area contributed by atoms with Crippen LogP contribution in [0.5, 0.6) is 5.75 Å². The van der Waals surface area contributed by atoms with E-state index in [9.17, 15) is 9.90 Å². The van der Waals surface area contributed by atoms with Crippen molar-refractivity contribution in [1.29, 1.82) is 5.41 Å². The number of halogens is 1. The maximum Gasteiger partial charge on any atom is 0.330 e. The number of nitrogens with zero attached hydrogens (tertiary/aromatic N) is 1. The number of carboxylic acid groups (broad SMARTS) is 1. The normalized spacial score (nSPS) is 15.9. The van der Waals surface area contributed by atoms with Gasteiger partial charge in [-0.2, -0.15) is 0 Å². The first kappa shape index (κ1) is 23.0. The second-order valence-electron chi connectivity index (χ2n) is 6.80. The molecule has 0 fully saturated rings. The van der Waals surface area contributed by atoms with Crippen LogP contribution in [0.4, 0.5) is 5.69 Å². The van der Waals surface area contributed by atoms with E-state index in [4.69, 9.17) is 20.7 Å². The van der Waals surface area contributed by atoms with E-state index in [2.05, 4.69) is 10.5 Å². The summed E-state index contributed by atoms with van der Waals surface area (Å²) in [7, 11) is 0. The highest BCUT2D eigenvalue weighted by Crippen LogP contribution is 2.33. The van der Waals surface area contributed by atoms with Crippen molar-refractivity contribution >= 4 is 35.6 Å². The molecule has 1 aliphatic heterocycles. The van der Waals surface area contributed by atoms with Gasteiger partial charge in [-0.15, -0.1) is 12.4 Å². The minimum absolute atomic E-state index is 0. The molecule has 0 saturated carbocycles. The predicted octanol–water partition coefficient (Wildman–Crippen LogP) is 3.87. The number of carboxylic acids is 1. The molecule has 1 heterocycles. The molecule has 0 amide bonds. The quantitative estimate of drug-likeness (QED) is 0.370. The summed E-state index contributed by atoms with van der Waals surface area (Å²) in [5, 5.41) is 24.3. The molecule has 1 aliphatic rings. The van der Waals surface area contributed by atoms with Crippen LogP contribution in [-0.2, 0) is 9.63 Å². The molecule has 0 aromatic heterocycles. The van der Waals surface area contributed by atoms with Gasteiger partial charge in [-0.3, -0.25) is 5.41 Å². The number of aliphatic carboxylic acids is 1. The van der Waals surface area contributed by atoms with E-state index in [1.807, 2.05) is 19.9 Å². The molecule has 160 valence electrons. The van der Waals surface area contributed by atoms with E-state index in [0.29, 0.717) is 35.6 Å². The van der Waals surface area contributed by atoms with Crippen molar-refractivity contribution < 1.29 is 19.5 Å². The summed E-state index contributed by atoms with van der Waals surface area (Å²) in [5.41, 5.74) is 8.88. The van der Waals surface area contributed by atoms with Gasteiger partial charge in [0.1, 0.15) is 11.6 Å². The third-order valence-electron chi connectivity index (χ3n) is 4.54. The lowest BCUT2D eigenvalue weighted by Crippen LogP contribution is -2.21. The van der Waals surface area contributed by atoms with E-state index >= 15 is 0 Å². The number of benzene rings is 2. The van der Waals surface area contributed by atoms with Crippen molar-refractivity contribution in [3.8, 4) is 5.75 Å². The molecule has 2 atom stereocenters. The summed E-state index contributed by atoms with van der Waals surface area (Å²) in [6, 6.07) is 11.1. The molecule has 3 rings (SSSR count). The Morgan fingerprint density at radius 2 is 2.07 bits per heavy atom. The number of carbonyl (C=O) groups is 1. The highest BCUT2D eigenvalue weighted by Gasteiger charge is 2.26. The highest BCUT2D eigenvalue weighted by molar-refractivity contribution is 5.95. The van der Waals surface area contributed by atoms with Crippen LogP contribution in [0, 0.1) is 5.41 Å². The van der Waals surface area contributed by atoms with Crippen LogP contribution in [0.1, 0.15) is 49.1 Å². The molecule has 0 radical (unpaired) electrons. The van der Waals surface area contributed by atoms with E-state index in [0.717, 1.165) is 11.3 Å². The number of oxime groups is 1. The monoisotopic (exact) mass is 432 g/mol. The van der Waals surface area contributed by atoms with Crippen molar-refractivity contribution in [1.82, 2.24) is 0 Å². The van der Waals surface area contributed by atoms with Gasteiger partial charge in [0, 0.05) is 17.7 Å². The second-order valence-corrected chi connectivity index (χ2v) is 6.80. The first-order chi connectivity index (χ1) is 13.9. The highest BCUT2D eigenvalue weighted by atomic mass is 35.5. The predicted molar refractivity (Wildman–Crippen MR) is 118 cm³/mol. The topological polar surface area (TPSA) is 130 Å². The number of nitrogen functional groups attached to an aromatic ring is 1. The van der Waals surface area contributed by atoms with Gasteiger partial charge in [-0.1, -0.05) is 5.16 Å². The summed E-state index contributed by atoms with van der Waals surface area (Å²) >= 11 is 0. The number of hydrogen-bond donors (Lipinski definition) is 4. The zero-order chi connectivity index (χ0) is 21.0. The van der Waals surface area contributed by atoms with E-state index in [1.54, 1.807) is 36.4 Å². The lowest BCUT2D eigenvalue weighted by atomic mass is 9.98. The molecule has 0 saturated heterocycles. The van der Waals surface area contributed by atoms with Gasteiger partial charge < -0.3 is 25.7 Å². The summed E-state index contributed by atoms with van der Waals surface area (Å²) in [6.07, 6.45) is 0.380. The molecule has 0 bridgehead atoms. The number of amidine groups is 1. The Bertz CT molecular complexity index is 947. The molecule has 5 N–H and O–H groups in total. The zero-order valence-corrected chi connectivity index (χ0v) is 17.5. The first-order valence-corrected chi connectivity index (χ1v) is 9.28. The van der Waals surface area contributed by atoms with Crippen LogP contribution >= 0.6 is 12.4 Å². The fourth-order valence-corrected chi connectivity index (χ4v) is 3.12. The fourth-order valence-electron chi connectivity index (χ4n) is 3.12. The van der Waals surface area contributed by atoms with Gasteiger partial charge in [0.15, 0.2) is 12.1 Å². The fraction of sp³-hybridized carbons (Fsp3) is 0.286. The molecule has 9 heteroatoms. The maximum atomic E-state index is 12.0. The van der Waals surface area contributed by atoms with Gasteiger partial charge >= 0.3 is 5.97 Å². The molecule has 0 spiro atoms. The molecule has 8 nitrogen and oxygen atoms in total. The van der Waals surface area contributed by atoms with Gasteiger partial charge in [-0.05, 0) is 67.4 Å². The molecule has 2 aromatic rings. The van der Waals surface area contributed by atoms with Crippen LogP contribution < -0.4 is 15.8 Å². The maximum absolute atomic E-state index is 12.0. The Hall–Kier alpha value is -3.26. The molecular weight excluding hydrogens is 408 g/mol. The van der Waals surface area contributed by atoms with E-state index in [-0.39, 0.29) is 24.3 Å². The number of nitrogens with one attached hydrogen (secondary N) is 2. The largest absolute Gasteiger partial charge is 0.494 e. The van der Waals surface area contributed by atoms with E-state index < -0.39 is 12.0 Å². The second kappa shape index (κ2) is 9.98. The first-order valence-electron chi connectivity index (χ1n) is 9.28. The zero-order valence-electron chi connectivity index (χ0n) is 16.7. The van der Waals surface area contributed by atoms with Gasteiger partial charge in [0.05, 0.1) is 12.3 Å². The SMILES string of the molecule is CCOc1cc(C2CC(C)=NO2)cc(C(Nc2ccc(C(=N)N)cc2)C(=O)O)c1.Cl. The van der Waals surface area contributed by atoms with Gasteiger partial charge in [0.25, 0.3) is 0 Å². The number of ether oxygens (including phenoxy) is 1. The lowest BCUT2D eigenvalue weighted by Gasteiger charge is -2.20. The summed E-state index contributed by atoms with van der Waals surface area (Å²) in [5.74, 6) is -0.498. The van der Waals surface area contributed by atoms with Gasteiger partial charge in [-0.25, -0.2) is 4.79 Å². The van der Waals surface area contributed by atoms with Crippen LogP contribution in [0.3, 0.4) is 0 Å². The van der Waals surface area contributed by atoms with Crippen LogP contribution in [-0.4, -0.2) is 29.2 Å². The minimum atomic E-state index is -1.03. The van der Waals surface area contributed by atoms with Crippen molar-refractivity contribution in [2.75, 3.05) is 11.9 Å². The third-order valence-corrected chi connectivity index (χ3v) is 4.54. The molecule has 2 unspecified atom stereocenters. The Morgan fingerprint density at radius 1 is 1.37 bits per heavy atom. The van der Waals surface area contributed by atoms with Crippen molar-refractivity contribution in [3.63, 3.8) is 0 Å². The Balaban J connectivity index is 0.00000320. The minimum Gasteiger partial charge on any atom is -0.494 e. The molecular formula is C21H25ClN4O4. The average molecular weight is 433 g/mol.